The number of nitrogens with one attached hydrogen (secondary N) is 1. The molecule has 24 heavy (non-hydrogen) atoms. The van der Waals surface area contributed by atoms with E-state index in [2.05, 4.69) is 25.2 Å². The first kappa shape index (κ1) is 16.5. The van der Waals surface area contributed by atoms with E-state index in [0.29, 0.717) is 17.1 Å². The Hall–Kier alpha value is -2.35. The van der Waals surface area contributed by atoms with Crippen molar-refractivity contribution in [1.29, 1.82) is 0 Å². The van der Waals surface area contributed by atoms with E-state index in [4.69, 9.17) is 5.11 Å². The van der Waals surface area contributed by atoms with Crippen LogP contribution in [0.5, 0.6) is 0 Å². The van der Waals surface area contributed by atoms with Gasteiger partial charge in [-0.05, 0) is 31.4 Å². The van der Waals surface area contributed by atoms with Crippen molar-refractivity contribution in [2.24, 2.45) is 0 Å². The third-order valence-corrected chi connectivity index (χ3v) is 4.43. The first-order chi connectivity index (χ1) is 11.7. The largest absolute Gasteiger partial charge is 0.481 e. The number of piperidine rings is 1. The number of anilines is 3. The lowest BCUT2D eigenvalue weighted by atomic mass is 10.1. The SMILES string of the molecule is O=C(O)CSc1nc(Nc2ccccc2)nc(N2CCCCC2)n1. The van der Waals surface area contributed by atoms with E-state index in [1.807, 2.05) is 30.3 Å². The van der Waals surface area contributed by atoms with E-state index >= 15 is 0 Å². The van der Waals surface area contributed by atoms with E-state index in [1.165, 1.54) is 6.42 Å². The van der Waals surface area contributed by atoms with Crippen LogP contribution in [0.15, 0.2) is 35.5 Å². The van der Waals surface area contributed by atoms with Crippen LogP contribution in [0.4, 0.5) is 17.6 Å². The number of hydrogen-bond donors (Lipinski definition) is 2. The molecule has 1 aliphatic heterocycles. The van der Waals surface area contributed by atoms with Gasteiger partial charge in [-0.2, -0.15) is 15.0 Å². The second-order valence-electron chi connectivity index (χ2n) is 5.46. The molecule has 3 rings (SSSR count). The molecule has 2 N–H and O–H groups in total. The Kier molecular flexibility index (Phi) is 5.47. The number of rotatable bonds is 6. The molecule has 0 spiro atoms. The van der Waals surface area contributed by atoms with Gasteiger partial charge in [0.05, 0.1) is 5.75 Å². The monoisotopic (exact) mass is 345 g/mol. The number of carboxylic acid groups (broad SMARTS) is 1. The molecule has 0 saturated carbocycles. The zero-order chi connectivity index (χ0) is 16.8. The van der Waals surface area contributed by atoms with Crippen LogP contribution in [0.25, 0.3) is 0 Å². The zero-order valence-electron chi connectivity index (χ0n) is 13.2. The molecule has 8 heteroatoms. The average molecular weight is 345 g/mol. The number of nitrogens with zero attached hydrogens (tertiary/aromatic N) is 4. The van der Waals surface area contributed by atoms with E-state index in [9.17, 15) is 4.79 Å². The Morgan fingerprint density at radius 1 is 1.12 bits per heavy atom. The summed E-state index contributed by atoms with van der Waals surface area (Å²) in [6, 6.07) is 9.64. The number of carboxylic acids is 1. The second kappa shape index (κ2) is 7.96. The first-order valence-corrected chi connectivity index (χ1v) is 8.87. The minimum Gasteiger partial charge on any atom is -0.481 e. The third kappa shape index (κ3) is 4.58. The Bertz CT molecular complexity index is 692. The fourth-order valence-electron chi connectivity index (χ4n) is 2.48. The van der Waals surface area contributed by atoms with Crippen LogP contribution in [-0.2, 0) is 4.79 Å². The highest BCUT2D eigenvalue weighted by atomic mass is 32.2. The van der Waals surface area contributed by atoms with E-state index in [0.717, 1.165) is 43.4 Å². The lowest BCUT2D eigenvalue weighted by molar-refractivity contribution is -0.133. The normalized spacial score (nSPS) is 14.4. The molecule has 0 unspecified atom stereocenters. The third-order valence-electron chi connectivity index (χ3n) is 3.60. The molecular formula is C16H19N5O2S. The topological polar surface area (TPSA) is 91.2 Å². The van der Waals surface area contributed by atoms with Gasteiger partial charge in [0.2, 0.25) is 11.9 Å². The average Bonchev–Trinajstić information content (AvgIpc) is 2.61. The maximum atomic E-state index is 10.8. The molecule has 2 aromatic rings. The molecule has 0 atom stereocenters. The highest BCUT2D eigenvalue weighted by molar-refractivity contribution is 7.99. The highest BCUT2D eigenvalue weighted by Gasteiger charge is 2.17. The number of aromatic nitrogens is 3. The quantitative estimate of drug-likeness (QED) is 0.772. The van der Waals surface area contributed by atoms with Gasteiger partial charge in [-0.25, -0.2) is 0 Å². The van der Waals surface area contributed by atoms with Gasteiger partial charge in [0.1, 0.15) is 0 Å². The Labute approximate surface area is 144 Å². The van der Waals surface area contributed by atoms with Gasteiger partial charge >= 0.3 is 5.97 Å². The van der Waals surface area contributed by atoms with E-state index in [1.54, 1.807) is 0 Å². The number of para-hydroxylation sites is 1. The zero-order valence-corrected chi connectivity index (χ0v) is 14.0. The summed E-state index contributed by atoms with van der Waals surface area (Å²) in [6.07, 6.45) is 3.45. The molecule has 1 saturated heterocycles. The minimum absolute atomic E-state index is 0.0752. The molecule has 7 nitrogen and oxygen atoms in total. The predicted octanol–water partition coefficient (Wildman–Crippen LogP) is 2.78. The lowest BCUT2D eigenvalue weighted by Crippen LogP contribution is -2.31. The Morgan fingerprint density at radius 2 is 1.88 bits per heavy atom. The Balaban J connectivity index is 1.85. The minimum atomic E-state index is -0.891. The number of aliphatic carboxylic acids is 1. The first-order valence-electron chi connectivity index (χ1n) is 7.88. The fraction of sp³-hybridized carbons (Fsp3) is 0.375. The molecule has 1 aliphatic rings. The summed E-state index contributed by atoms with van der Waals surface area (Å²) in [5, 5.41) is 12.5. The van der Waals surface area contributed by atoms with E-state index < -0.39 is 5.97 Å². The van der Waals surface area contributed by atoms with Crippen molar-refractivity contribution < 1.29 is 9.90 Å². The van der Waals surface area contributed by atoms with Gasteiger partial charge in [0.25, 0.3) is 0 Å². The van der Waals surface area contributed by atoms with Crippen molar-refractivity contribution in [3.63, 3.8) is 0 Å². The highest BCUT2D eigenvalue weighted by Crippen LogP contribution is 2.22. The van der Waals surface area contributed by atoms with Crippen LogP contribution in [0, 0.1) is 0 Å². The van der Waals surface area contributed by atoms with Gasteiger partial charge in [0, 0.05) is 18.8 Å². The molecule has 126 valence electrons. The van der Waals surface area contributed by atoms with Crippen LogP contribution in [-0.4, -0.2) is 44.9 Å². The van der Waals surface area contributed by atoms with Gasteiger partial charge in [0.15, 0.2) is 5.16 Å². The molecular weight excluding hydrogens is 326 g/mol. The van der Waals surface area contributed by atoms with Gasteiger partial charge in [-0.1, -0.05) is 30.0 Å². The number of hydrogen-bond acceptors (Lipinski definition) is 7. The van der Waals surface area contributed by atoms with Crippen LogP contribution >= 0.6 is 11.8 Å². The van der Waals surface area contributed by atoms with Crippen LogP contribution < -0.4 is 10.2 Å². The summed E-state index contributed by atoms with van der Waals surface area (Å²) in [4.78, 5) is 26.2. The second-order valence-corrected chi connectivity index (χ2v) is 6.41. The van der Waals surface area contributed by atoms with Gasteiger partial charge in [-0.3, -0.25) is 4.79 Å². The maximum Gasteiger partial charge on any atom is 0.313 e. The number of thioether (sulfide) groups is 1. The van der Waals surface area contributed by atoms with Crippen molar-refractivity contribution in [2.75, 3.05) is 29.1 Å². The smallest absolute Gasteiger partial charge is 0.313 e. The standard InChI is InChI=1S/C16H19N5O2S/c22-13(23)11-24-16-19-14(17-12-7-3-1-4-8-12)18-15(20-16)21-9-5-2-6-10-21/h1,3-4,7-8H,2,5-6,9-11H2,(H,22,23)(H,17,18,19,20). The van der Waals surface area contributed by atoms with Crippen molar-refractivity contribution in [3.05, 3.63) is 30.3 Å². The molecule has 0 bridgehead atoms. The molecule has 0 aliphatic carbocycles. The lowest BCUT2D eigenvalue weighted by Gasteiger charge is -2.26. The molecule has 0 radical (unpaired) electrons. The van der Waals surface area contributed by atoms with Crippen LogP contribution in [0.3, 0.4) is 0 Å². The van der Waals surface area contributed by atoms with Crippen LogP contribution in [0.1, 0.15) is 19.3 Å². The summed E-state index contributed by atoms with van der Waals surface area (Å²) in [5.41, 5.74) is 0.877. The van der Waals surface area contributed by atoms with Crippen molar-refractivity contribution in [3.8, 4) is 0 Å². The summed E-state index contributed by atoms with van der Waals surface area (Å²) >= 11 is 1.10. The fourth-order valence-corrected chi connectivity index (χ4v) is 3.03. The molecule has 1 fully saturated rings. The van der Waals surface area contributed by atoms with Crippen molar-refractivity contribution in [1.82, 2.24) is 15.0 Å². The Morgan fingerprint density at radius 3 is 2.58 bits per heavy atom. The summed E-state index contributed by atoms with van der Waals surface area (Å²) < 4.78 is 0. The summed E-state index contributed by atoms with van der Waals surface area (Å²) in [7, 11) is 0. The molecule has 1 aromatic heterocycles. The summed E-state index contributed by atoms with van der Waals surface area (Å²) in [5.74, 6) is 0.0759. The predicted molar refractivity (Wildman–Crippen MR) is 94.0 cm³/mol. The van der Waals surface area contributed by atoms with Crippen molar-refractivity contribution in [2.45, 2.75) is 24.4 Å². The summed E-state index contributed by atoms with van der Waals surface area (Å²) in [6.45, 7) is 1.83. The molecule has 0 amide bonds. The molecule has 2 heterocycles. The number of benzene rings is 1. The van der Waals surface area contributed by atoms with Crippen molar-refractivity contribution >= 4 is 35.3 Å². The molecule has 1 aromatic carbocycles. The van der Waals surface area contributed by atoms with Gasteiger partial charge < -0.3 is 15.3 Å². The maximum absolute atomic E-state index is 10.8. The van der Waals surface area contributed by atoms with E-state index in [-0.39, 0.29) is 5.75 Å². The number of carbonyl (C=O) groups is 1. The van der Waals surface area contributed by atoms with Crippen LogP contribution in [0.2, 0.25) is 0 Å². The van der Waals surface area contributed by atoms with Gasteiger partial charge in [-0.15, -0.1) is 0 Å².